The van der Waals surface area contributed by atoms with Gasteiger partial charge in [0.05, 0.1) is 17.6 Å². The smallest absolute Gasteiger partial charge is 0.256 e. The van der Waals surface area contributed by atoms with Crippen LogP contribution in [0.5, 0.6) is 0 Å². The van der Waals surface area contributed by atoms with E-state index < -0.39 is 37.1 Å². The Labute approximate surface area is 164 Å². The Kier molecular flexibility index (Phi) is 4.96. The molecule has 3 aromatic rings. The summed E-state index contributed by atoms with van der Waals surface area (Å²) in [7, 11) is 0. The normalized spacial score (nSPS) is 23.8. The molecule has 4 rings (SSSR count). The minimum absolute atomic E-state index is 0.130. The number of hydrogen-bond donors (Lipinski definition) is 4. The van der Waals surface area contributed by atoms with E-state index in [1.54, 1.807) is 30.3 Å². The van der Waals surface area contributed by atoms with E-state index in [9.17, 15) is 25.4 Å². The van der Waals surface area contributed by atoms with Crippen LogP contribution in [0.4, 0.5) is 5.82 Å². The van der Waals surface area contributed by atoms with Gasteiger partial charge in [-0.3, -0.25) is 4.79 Å². The van der Waals surface area contributed by atoms with Gasteiger partial charge >= 0.3 is 0 Å². The van der Waals surface area contributed by atoms with E-state index in [0.717, 1.165) is 0 Å². The number of ether oxygens (including phenoxy) is 1. The van der Waals surface area contributed by atoms with E-state index in [2.05, 4.69) is 15.3 Å². The summed E-state index contributed by atoms with van der Waals surface area (Å²) in [5.74, 6) is -0.277. The van der Waals surface area contributed by atoms with Crippen molar-refractivity contribution in [1.29, 1.82) is 5.26 Å². The zero-order chi connectivity index (χ0) is 20.5. The maximum atomic E-state index is 12.5. The predicted molar refractivity (Wildman–Crippen MR) is 99.6 cm³/mol. The number of aliphatic hydroxyl groups excluding tert-OH is 3. The Morgan fingerprint density at radius 2 is 2.00 bits per heavy atom. The number of hydrogen-bond acceptors (Lipinski definition) is 8. The SMILES string of the molecule is N#Cc1cn([C@H]2O[C@@H](CO)[C@@H](O)[C@@H]2O)c2ncnc(NC(=O)c3ccccc3)c12. The maximum absolute atomic E-state index is 12.5. The summed E-state index contributed by atoms with van der Waals surface area (Å²) >= 11 is 0. The highest BCUT2D eigenvalue weighted by Crippen LogP contribution is 2.34. The Balaban J connectivity index is 1.76. The number of aliphatic hydroxyl groups is 3. The van der Waals surface area contributed by atoms with E-state index in [4.69, 9.17) is 4.74 Å². The Bertz CT molecular complexity index is 1090. The summed E-state index contributed by atoms with van der Waals surface area (Å²) in [4.78, 5) is 20.8. The second-order valence-corrected chi connectivity index (χ2v) is 6.53. The molecule has 1 amide bonds. The second-order valence-electron chi connectivity index (χ2n) is 6.53. The van der Waals surface area contributed by atoms with Crippen molar-refractivity contribution in [3.63, 3.8) is 0 Å². The highest BCUT2D eigenvalue weighted by molar-refractivity contribution is 6.08. The first-order valence-electron chi connectivity index (χ1n) is 8.79. The summed E-state index contributed by atoms with van der Waals surface area (Å²) < 4.78 is 6.92. The molecule has 0 unspecified atom stereocenters. The van der Waals surface area contributed by atoms with Crippen LogP contribution >= 0.6 is 0 Å². The summed E-state index contributed by atoms with van der Waals surface area (Å²) in [6.45, 7) is -0.480. The molecule has 2 aromatic heterocycles. The van der Waals surface area contributed by atoms with Crippen LogP contribution in [-0.4, -0.2) is 60.7 Å². The van der Waals surface area contributed by atoms with Crippen LogP contribution in [0.15, 0.2) is 42.9 Å². The number of aromatic nitrogens is 3. The van der Waals surface area contributed by atoms with Crippen molar-refractivity contribution in [3.05, 3.63) is 54.0 Å². The van der Waals surface area contributed by atoms with Crippen molar-refractivity contribution in [2.45, 2.75) is 24.5 Å². The highest BCUT2D eigenvalue weighted by atomic mass is 16.6. The van der Waals surface area contributed by atoms with Gasteiger partial charge in [-0.1, -0.05) is 18.2 Å². The van der Waals surface area contributed by atoms with Gasteiger partial charge in [0.1, 0.15) is 42.2 Å². The average Bonchev–Trinajstić information content (AvgIpc) is 3.26. The Hall–Kier alpha value is -3.36. The molecule has 1 aliphatic heterocycles. The van der Waals surface area contributed by atoms with Crippen LogP contribution < -0.4 is 5.32 Å². The van der Waals surface area contributed by atoms with Crippen molar-refractivity contribution in [2.75, 3.05) is 11.9 Å². The molecule has 148 valence electrons. The number of anilines is 1. The number of nitriles is 1. The van der Waals surface area contributed by atoms with Crippen LogP contribution in [0.25, 0.3) is 11.0 Å². The number of nitrogens with zero attached hydrogens (tertiary/aromatic N) is 4. The third kappa shape index (κ3) is 3.22. The number of fused-ring (bicyclic) bond motifs is 1. The van der Waals surface area contributed by atoms with Gasteiger partial charge in [-0.25, -0.2) is 9.97 Å². The van der Waals surface area contributed by atoms with Gasteiger partial charge < -0.3 is 29.9 Å². The van der Waals surface area contributed by atoms with E-state index in [1.807, 2.05) is 6.07 Å². The first-order chi connectivity index (χ1) is 14.0. The van der Waals surface area contributed by atoms with Crippen LogP contribution in [0.1, 0.15) is 22.1 Å². The van der Waals surface area contributed by atoms with Crippen molar-refractivity contribution in [1.82, 2.24) is 14.5 Å². The molecule has 0 bridgehead atoms. The maximum Gasteiger partial charge on any atom is 0.256 e. The monoisotopic (exact) mass is 395 g/mol. The highest BCUT2D eigenvalue weighted by Gasteiger charge is 2.44. The van der Waals surface area contributed by atoms with Crippen LogP contribution in [0.2, 0.25) is 0 Å². The van der Waals surface area contributed by atoms with E-state index in [-0.39, 0.29) is 22.4 Å². The molecule has 0 spiro atoms. The van der Waals surface area contributed by atoms with E-state index >= 15 is 0 Å². The van der Waals surface area contributed by atoms with E-state index in [1.165, 1.54) is 17.1 Å². The summed E-state index contributed by atoms with van der Waals surface area (Å²) in [5, 5.41) is 42.1. The predicted octanol–water partition coefficient (Wildman–Crippen LogP) is 0.167. The number of rotatable bonds is 4. The molecule has 0 radical (unpaired) electrons. The lowest BCUT2D eigenvalue weighted by Crippen LogP contribution is -2.33. The molecule has 4 atom stereocenters. The van der Waals surface area contributed by atoms with Gasteiger partial charge in [-0.05, 0) is 12.1 Å². The van der Waals surface area contributed by atoms with E-state index in [0.29, 0.717) is 5.56 Å². The summed E-state index contributed by atoms with van der Waals surface area (Å²) in [5.41, 5.74) is 0.803. The molecule has 29 heavy (non-hydrogen) atoms. The number of carbonyl (C=O) groups is 1. The fraction of sp³-hybridized carbons (Fsp3) is 0.263. The molecular weight excluding hydrogens is 378 g/mol. The van der Waals surface area contributed by atoms with Crippen molar-refractivity contribution < 1.29 is 24.9 Å². The van der Waals surface area contributed by atoms with Gasteiger partial charge in [-0.15, -0.1) is 0 Å². The largest absolute Gasteiger partial charge is 0.394 e. The molecule has 0 aliphatic carbocycles. The third-order valence-electron chi connectivity index (χ3n) is 4.79. The lowest BCUT2D eigenvalue weighted by molar-refractivity contribution is -0.0508. The molecule has 1 saturated heterocycles. The molecule has 3 heterocycles. The van der Waals surface area contributed by atoms with Gasteiger partial charge in [0.2, 0.25) is 0 Å². The molecular formula is C19H17N5O5. The van der Waals surface area contributed by atoms with Crippen molar-refractivity contribution in [3.8, 4) is 6.07 Å². The quantitative estimate of drug-likeness (QED) is 0.487. The van der Waals surface area contributed by atoms with Crippen LogP contribution in [0, 0.1) is 11.3 Å². The van der Waals surface area contributed by atoms with Gasteiger partial charge in [0.15, 0.2) is 6.23 Å². The lowest BCUT2D eigenvalue weighted by atomic mass is 10.1. The zero-order valence-electron chi connectivity index (χ0n) is 15.0. The topological polar surface area (TPSA) is 154 Å². The average molecular weight is 395 g/mol. The standard InChI is InChI=1S/C19H17N5O5/c20-6-11-7-24(19-15(27)14(26)12(8-25)29-19)17-13(11)16(21-9-22-17)23-18(28)10-4-2-1-3-5-10/h1-5,7,9,12,14-15,19,25-27H,8H2,(H,21,22,23,28)/t12-,14+,15-,19-/m0/s1. The fourth-order valence-corrected chi connectivity index (χ4v) is 3.34. The second kappa shape index (κ2) is 7.57. The molecule has 10 heteroatoms. The van der Waals surface area contributed by atoms with Crippen molar-refractivity contribution >= 4 is 22.8 Å². The van der Waals surface area contributed by atoms with Gasteiger partial charge in [-0.2, -0.15) is 5.26 Å². The summed E-state index contributed by atoms with van der Waals surface area (Å²) in [6.07, 6.45) is -2.07. The molecule has 4 N–H and O–H groups in total. The Morgan fingerprint density at radius 1 is 1.24 bits per heavy atom. The van der Waals surface area contributed by atoms with Crippen LogP contribution in [0.3, 0.4) is 0 Å². The Morgan fingerprint density at radius 3 is 2.66 bits per heavy atom. The number of nitrogens with one attached hydrogen (secondary N) is 1. The minimum Gasteiger partial charge on any atom is -0.394 e. The third-order valence-corrected chi connectivity index (χ3v) is 4.79. The van der Waals surface area contributed by atoms with Gasteiger partial charge in [0.25, 0.3) is 5.91 Å². The number of amides is 1. The summed E-state index contributed by atoms with van der Waals surface area (Å²) in [6, 6.07) is 10.5. The molecule has 10 nitrogen and oxygen atoms in total. The first-order valence-corrected chi connectivity index (χ1v) is 8.79. The number of carbonyl (C=O) groups excluding carboxylic acids is 1. The minimum atomic E-state index is -1.34. The molecule has 1 aromatic carbocycles. The van der Waals surface area contributed by atoms with Crippen molar-refractivity contribution in [2.24, 2.45) is 0 Å². The zero-order valence-corrected chi connectivity index (χ0v) is 15.0. The molecule has 0 saturated carbocycles. The fourth-order valence-electron chi connectivity index (χ4n) is 3.34. The number of benzene rings is 1. The first kappa shape index (κ1) is 19.0. The molecule has 1 fully saturated rings. The molecule has 1 aliphatic rings. The van der Waals surface area contributed by atoms with Crippen LogP contribution in [-0.2, 0) is 4.74 Å². The lowest BCUT2D eigenvalue weighted by Gasteiger charge is -2.17. The van der Waals surface area contributed by atoms with Gasteiger partial charge in [0, 0.05) is 11.8 Å².